The zero-order valence-corrected chi connectivity index (χ0v) is 22.5. The van der Waals surface area contributed by atoms with Gasteiger partial charge >= 0.3 is 0 Å². The van der Waals surface area contributed by atoms with Gasteiger partial charge in [-0.3, -0.25) is 14.6 Å². The highest BCUT2D eigenvalue weighted by atomic mass is 32.3. The Labute approximate surface area is 213 Å². The number of aryl methyl sites for hydroxylation is 2. The number of carbonyl (C=O) groups excluding carboxylic acids is 2. The number of nitrogens with zero attached hydrogens (tertiary/aromatic N) is 4. The minimum absolute atomic E-state index is 0.0613. The number of hydrogen-bond donors (Lipinski definition) is 1. The predicted octanol–water partition coefficient (Wildman–Crippen LogP) is 4.10. The third-order valence-electron chi connectivity index (χ3n) is 6.36. The number of methoxy groups -OCH3 is 1. The van der Waals surface area contributed by atoms with Crippen LogP contribution in [-0.2, 0) is 9.53 Å². The summed E-state index contributed by atoms with van der Waals surface area (Å²) in [4.78, 5) is 29.6. The summed E-state index contributed by atoms with van der Waals surface area (Å²) in [5, 5.41) is 12.6. The second-order valence-corrected chi connectivity index (χ2v) is 13.9. The van der Waals surface area contributed by atoms with Crippen molar-refractivity contribution in [3.8, 4) is 5.69 Å². The largest absolute Gasteiger partial charge is 0.500 e. The lowest BCUT2D eigenvalue weighted by Crippen LogP contribution is -2.26. The molecule has 4 rings (SSSR count). The monoisotopic (exact) mass is 507 g/mol. The first-order valence-electron chi connectivity index (χ1n) is 11.8. The summed E-state index contributed by atoms with van der Waals surface area (Å²) in [5.41, 5.74) is 4.79. The molecule has 0 radical (unpaired) electrons. The van der Waals surface area contributed by atoms with Crippen LogP contribution in [0, 0.1) is 19.8 Å². The molecule has 0 bridgehead atoms. The maximum Gasteiger partial charge on any atom is 0.269 e. The molecule has 1 aliphatic carbocycles. The highest BCUT2D eigenvalue weighted by Crippen LogP contribution is 2.44. The smallest absolute Gasteiger partial charge is 0.269 e. The average Bonchev–Trinajstić information content (AvgIpc) is 3.45. The zero-order valence-electron chi connectivity index (χ0n) is 21.7. The molecular formula is C27H33N5O3S. The molecule has 2 heterocycles. The van der Waals surface area contributed by atoms with Gasteiger partial charge in [-0.1, -0.05) is 11.3 Å². The van der Waals surface area contributed by atoms with Crippen LogP contribution >= 0.6 is 10.0 Å². The molecule has 1 aliphatic rings. The van der Waals surface area contributed by atoms with Crippen molar-refractivity contribution in [2.75, 3.05) is 32.4 Å². The van der Waals surface area contributed by atoms with Gasteiger partial charge in [0.05, 0.1) is 24.6 Å². The number of Topliss-reactive ketones (excluding diaryl/α,β-unsaturated/α-hetero) is 1. The number of ketones is 1. The van der Waals surface area contributed by atoms with Crippen LogP contribution < -0.4 is 5.32 Å². The van der Waals surface area contributed by atoms with E-state index in [1.54, 1.807) is 36.2 Å². The molecule has 1 aromatic carbocycles. The standard InChI is InChI=1S/C27H33N5O3S/c1-17-13-20(32-16-23(30-31-32)36(4,5)6)14-18(2)24(17)25-22(33)15-19(26(25)35-3)10-12-29-27(34)21-9-7-8-11-28-21/h7-9,11,13-14,16,19H,10,12,15H2,1-6H3,(H,29,34). The normalized spacial score (nSPS) is 16.4. The van der Waals surface area contributed by atoms with E-state index in [0.29, 0.717) is 36.4 Å². The minimum atomic E-state index is -0.977. The van der Waals surface area contributed by atoms with Crippen LogP contribution in [0.25, 0.3) is 11.3 Å². The van der Waals surface area contributed by atoms with E-state index >= 15 is 0 Å². The summed E-state index contributed by atoms with van der Waals surface area (Å²) in [6.45, 7) is 4.44. The maximum atomic E-state index is 13.2. The molecule has 0 fully saturated rings. The average molecular weight is 508 g/mol. The fraction of sp³-hybridized carbons (Fsp3) is 0.370. The van der Waals surface area contributed by atoms with Crippen molar-refractivity contribution < 1.29 is 14.3 Å². The van der Waals surface area contributed by atoms with Gasteiger partial charge in [-0.15, -0.1) is 5.10 Å². The summed E-state index contributed by atoms with van der Waals surface area (Å²) in [7, 11) is 0.632. The molecule has 0 saturated heterocycles. The summed E-state index contributed by atoms with van der Waals surface area (Å²) in [6, 6.07) is 9.29. The first-order chi connectivity index (χ1) is 17.1. The predicted molar refractivity (Wildman–Crippen MR) is 143 cm³/mol. The van der Waals surface area contributed by atoms with Gasteiger partial charge in [0.1, 0.15) is 16.5 Å². The molecule has 2 aromatic heterocycles. The minimum Gasteiger partial charge on any atom is -0.500 e. The van der Waals surface area contributed by atoms with Gasteiger partial charge in [0.2, 0.25) is 0 Å². The number of carbonyl (C=O) groups is 2. The molecule has 1 amide bonds. The molecule has 36 heavy (non-hydrogen) atoms. The molecule has 1 unspecified atom stereocenters. The van der Waals surface area contributed by atoms with Gasteiger partial charge in [0.15, 0.2) is 5.78 Å². The first kappa shape index (κ1) is 25.6. The highest BCUT2D eigenvalue weighted by Gasteiger charge is 2.35. The SMILES string of the molecule is COC1=C(c2c(C)cc(-n3cc(S(C)(C)C)nn3)cc2C)C(=O)CC1CCNC(=O)c1ccccn1. The molecule has 8 nitrogen and oxygen atoms in total. The third kappa shape index (κ3) is 5.21. The van der Waals surface area contributed by atoms with Crippen LogP contribution in [0.3, 0.4) is 0 Å². The quantitative estimate of drug-likeness (QED) is 0.493. The number of pyridine rings is 1. The summed E-state index contributed by atoms with van der Waals surface area (Å²) in [5.74, 6) is 0.430. The summed E-state index contributed by atoms with van der Waals surface area (Å²) in [6.07, 6.45) is 11.1. The number of aromatic nitrogens is 4. The van der Waals surface area contributed by atoms with Gasteiger partial charge in [-0.25, -0.2) is 14.7 Å². The van der Waals surface area contributed by atoms with E-state index in [1.165, 1.54) is 0 Å². The first-order valence-corrected chi connectivity index (χ1v) is 14.7. The maximum absolute atomic E-state index is 13.2. The van der Waals surface area contributed by atoms with E-state index in [0.717, 1.165) is 27.4 Å². The second kappa shape index (κ2) is 10.3. The number of rotatable bonds is 8. The lowest BCUT2D eigenvalue weighted by atomic mass is 9.93. The Hall–Kier alpha value is -3.46. The van der Waals surface area contributed by atoms with Crippen LogP contribution in [0.2, 0.25) is 0 Å². The highest BCUT2D eigenvalue weighted by molar-refractivity contribution is 8.32. The molecular weight excluding hydrogens is 474 g/mol. The van der Waals surface area contributed by atoms with Crippen LogP contribution in [0.4, 0.5) is 0 Å². The Morgan fingerprint density at radius 1 is 1.19 bits per heavy atom. The number of allylic oxidation sites excluding steroid dienone is 2. The number of amides is 1. The Morgan fingerprint density at radius 3 is 2.50 bits per heavy atom. The second-order valence-electron chi connectivity index (χ2n) is 9.82. The van der Waals surface area contributed by atoms with E-state index in [2.05, 4.69) is 39.4 Å². The van der Waals surface area contributed by atoms with E-state index in [-0.39, 0.29) is 17.6 Å². The number of nitrogens with one attached hydrogen (secondary N) is 1. The van der Waals surface area contributed by atoms with Gasteiger partial charge in [-0.2, -0.15) is 0 Å². The van der Waals surface area contributed by atoms with Crippen molar-refractivity contribution in [2.24, 2.45) is 5.92 Å². The molecule has 0 saturated carbocycles. The number of ether oxygens (including phenoxy) is 1. The van der Waals surface area contributed by atoms with Gasteiger partial charge in [-0.05, 0) is 80.0 Å². The molecule has 0 aliphatic heterocycles. The number of benzene rings is 1. The van der Waals surface area contributed by atoms with E-state index < -0.39 is 10.0 Å². The lowest BCUT2D eigenvalue weighted by molar-refractivity contribution is -0.113. The van der Waals surface area contributed by atoms with Crippen LogP contribution in [0.5, 0.6) is 0 Å². The topological polar surface area (TPSA) is 99.0 Å². The molecule has 0 spiro atoms. The molecule has 3 aromatic rings. The van der Waals surface area contributed by atoms with Crippen LogP contribution in [0.1, 0.15) is 40.0 Å². The molecule has 9 heteroatoms. The lowest BCUT2D eigenvalue weighted by Gasteiger charge is -2.20. The molecule has 1 N–H and O–H groups in total. The van der Waals surface area contributed by atoms with E-state index in [1.807, 2.05) is 32.2 Å². The molecule has 1 atom stereocenters. The van der Waals surface area contributed by atoms with Crippen molar-refractivity contribution in [2.45, 2.75) is 31.7 Å². The zero-order chi connectivity index (χ0) is 26.0. The Bertz CT molecular complexity index is 1300. The summed E-state index contributed by atoms with van der Waals surface area (Å²) >= 11 is 0. The van der Waals surface area contributed by atoms with E-state index in [4.69, 9.17) is 4.74 Å². The fourth-order valence-corrected chi connectivity index (χ4v) is 5.29. The van der Waals surface area contributed by atoms with Crippen LogP contribution in [0.15, 0.2) is 53.5 Å². The number of hydrogen-bond acceptors (Lipinski definition) is 6. The third-order valence-corrected chi connectivity index (χ3v) is 7.80. The van der Waals surface area contributed by atoms with Crippen LogP contribution in [-0.4, -0.2) is 64.1 Å². The Kier molecular flexibility index (Phi) is 7.31. The van der Waals surface area contributed by atoms with Gasteiger partial charge in [0.25, 0.3) is 5.91 Å². The Balaban J connectivity index is 1.56. The van der Waals surface area contributed by atoms with Gasteiger partial charge in [0, 0.05) is 25.1 Å². The Morgan fingerprint density at radius 2 is 1.92 bits per heavy atom. The fourth-order valence-electron chi connectivity index (χ4n) is 4.59. The van der Waals surface area contributed by atoms with Crippen molar-refractivity contribution in [1.29, 1.82) is 0 Å². The van der Waals surface area contributed by atoms with Crippen molar-refractivity contribution in [3.05, 3.63) is 70.9 Å². The van der Waals surface area contributed by atoms with Crippen molar-refractivity contribution in [3.63, 3.8) is 0 Å². The van der Waals surface area contributed by atoms with Crippen molar-refractivity contribution in [1.82, 2.24) is 25.3 Å². The molecule has 190 valence electrons. The van der Waals surface area contributed by atoms with Crippen molar-refractivity contribution >= 4 is 27.3 Å². The summed E-state index contributed by atoms with van der Waals surface area (Å²) < 4.78 is 7.58. The van der Waals surface area contributed by atoms with Gasteiger partial charge < -0.3 is 10.1 Å². The van der Waals surface area contributed by atoms with E-state index in [9.17, 15) is 9.59 Å².